The molecule has 0 amide bonds. The molecule has 0 unspecified atom stereocenters. The Morgan fingerprint density at radius 1 is 1.00 bits per heavy atom. The van der Waals surface area contributed by atoms with Crippen molar-refractivity contribution < 1.29 is 17.9 Å². The van der Waals surface area contributed by atoms with Crippen LogP contribution in [-0.2, 0) is 13.1 Å². The van der Waals surface area contributed by atoms with Gasteiger partial charge in [-0.15, -0.1) is 0 Å². The van der Waals surface area contributed by atoms with Crippen molar-refractivity contribution in [3.8, 4) is 5.88 Å². The molecule has 0 bridgehead atoms. The number of hydrogen-bond donors (Lipinski definition) is 1. The maximum Gasteiger partial charge on any atom is 0.422 e. The van der Waals surface area contributed by atoms with Crippen LogP contribution in [0.1, 0.15) is 27.8 Å². The first kappa shape index (κ1) is 18.3. The first-order valence-electron chi connectivity index (χ1n) is 7.67. The fourth-order valence-corrected chi connectivity index (χ4v) is 2.38. The Bertz CT molecular complexity index is 699. The lowest BCUT2D eigenvalue weighted by atomic mass is 10.0. The second-order valence-corrected chi connectivity index (χ2v) is 5.84. The van der Waals surface area contributed by atoms with E-state index in [0.29, 0.717) is 18.7 Å². The number of hydrogen-bond acceptors (Lipinski definition) is 3. The number of ether oxygens (including phenoxy) is 1. The van der Waals surface area contributed by atoms with E-state index < -0.39 is 12.8 Å². The van der Waals surface area contributed by atoms with Gasteiger partial charge in [-0.3, -0.25) is 0 Å². The molecule has 0 fully saturated rings. The average Bonchev–Trinajstić information content (AvgIpc) is 2.50. The van der Waals surface area contributed by atoms with Gasteiger partial charge in [-0.2, -0.15) is 13.2 Å². The molecule has 2 aromatic rings. The standard InChI is InChI=1S/C18H21F3N2O/c1-12-7-14(3)16(8-13(12)2)10-22-9-15-5-4-6-23-17(15)24-11-18(19,20)21/h4-8,22H,9-11H2,1-3H3. The van der Waals surface area contributed by atoms with Crippen LogP contribution >= 0.6 is 0 Å². The van der Waals surface area contributed by atoms with Crippen LogP contribution in [0.3, 0.4) is 0 Å². The zero-order valence-electron chi connectivity index (χ0n) is 14.0. The lowest BCUT2D eigenvalue weighted by Gasteiger charge is -2.14. The molecule has 130 valence electrons. The normalized spacial score (nSPS) is 11.6. The number of rotatable bonds is 6. The number of alkyl halides is 3. The second kappa shape index (κ2) is 7.66. The van der Waals surface area contributed by atoms with Crippen molar-refractivity contribution in [2.45, 2.75) is 40.0 Å². The molecule has 24 heavy (non-hydrogen) atoms. The van der Waals surface area contributed by atoms with Crippen LogP contribution in [0.4, 0.5) is 13.2 Å². The summed E-state index contributed by atoms with van der Waals surface area (Å²) in [6, 6.07) is 7.65. The lowest BCUT2D eigenvalue weighted by Crippen LogP contribution is -2.21. The maximum absolute atomic E-state index is 12.3. The molecule has 6 heteroatoms. The van der Waals surface area contributed by atoms with Crippen LogP contribution in [0.2, 0.25) is 0 Å². The smallest absolute Gasteiger partial charge is 0.422 e. The van der Waals surface area contributed by atoms with Crippen LogP contribution in [0, 0.1) is 20.8 Å². The Morgan fingerprint density at radius 3 is 2.38 bits per heavy atom. The number of halogens is 3. The Morgan fingerprint density at radius 2 is 1.67 bits per heavy atom. The van der Waals surface area contributed by atoms with Crippen molar-refractivity contribution >= 4 is 0 Å². The Kier molecular flexibility index (Phi) is 5.83. The quantitative estimate of drug-likeness (QED) is 0.855. The highest BCUT2D eigenvalue weighted by Crippen LogP contribution is 2.20. The van der Waals surface area contributed by atoms with Crippen LogP contribution in [0.15, 0.2) is 30.5 Å². The summed E-state index contributed by atoms with van der Waals surface area (Å²) in [5, 5.41) is 3.24. The molecule has 0 aliphatic carbocycles. The molecule has 0 aliphatic rings. The minimum absolute atomic E-state index is 0.0131. The molecular weight excluding hydrogens is 317 g/mol. The van der Waals surface area contributed by atoms with E-state index in [9.17, 15) is 13.2 Å². The molecule has 0 radical (unpaired) electrons. The molecule has 1 heterocycles. The summed E-state index contributed by atoms with van der Waals surface area (Å²) in [7, 11) is 0. The van der Waals surface area contributed by atoms with E-state index in [-0.39, 0.29) is 5.88 Å². The van der Waals surface area contributed by atoms with Crippen molar-refractivity contribution in [2.75, 3.05) is 6.61 Å². The van der Waals surface area contributed by atoms with Gasteiger partial charge < -0.3 is 10.1 Å². The van der Waals surface area contributed by atoms with Gasteiger partial charge in [-0.1, -0.05) is 18.2 Å². The highest BCUT2D eigenvalue weighted by molar-refractivity contribution is 5.36. The molecule has 0 aliphatic heterocycles. The fraction of sp³-hybridized carbons (Fsp3) is 0.389. The highest BCUT2D eigenvalue weighted by atomic mass is 19.4. The predicted octanol–water partition coefficient (Wildman–Crippen LogP) is 4.24. The van der Waals surface area contributed by atoms with E-state index in [2.05, 4.69) is 36.3 Å². The van der Waals surface area contributed by atoms with Crippen LogP contribution in [0.25, 0.3) is 0 Å². The molecule has 0 saturated heterocycles. The van der Waals surface area contributed by atoms with Gasteiger partial charge in [0.15, 0.2) is 6.61 Å². The molecule has 1 aromatic heterocycles. The summed E-state index contributed by atoms with van der Waals surface area (Å²) >= 11 is 0. The Labute approximate surface area is 139 Å². The fourth-order valence-electron chi connectivity index (χ4n) is 2.38. The molecule has 0 saturated carbocycles. The average molecular weight is 338 g/mol. The lowest BCUT2D eigenvalue weighted by molar-refractivity contribution is -0.154. The predicted molar refractivity (Wildman–Crippen MR) is 87.0 cm³/mol. The summed E-state index contributed by atoms with van der Waals surface area (Å²) in [5.74, 6) is 0.0131. The van der Waals surface area contributed by atoms with Gasteiger partial charge in [0.25, 0.3) is 0 Å². The van der Waals surface area contributed by atoms with E-state index in [4.69, 9.17) is 4.74 Å². The minimum Gasteiger partial charge on any atom is -0.468 e. The third-order valence-electron chi connectivity index (χ3n) is 3.81. The van der Waals surface area contributed by atoms with E-state index in [1.54, 1.807) is 12.1 Å². The number of benzene rings is 1. The monoisotopic (exact) mass is 338 g/mol. The van der Waals surface area contributed by atoms with Gasteiger partial charge in [0.05, 0.1) is 0 Å². The van der Waals surface area contributed by atoms with Crippen LogP contribution in [0.5, 0.6) is 5.88 Å². The van der Waals surface area contributed by atoms with Gasteiger partial charge in [-0.05, 0) is 49.1 Å². The van der Waals surface area contributed by atoms with Crippen LogP contribution < -0.4 is 10.1 Å². The topological polar surface area (TPSA) is 34.2 Å². The first-order chi connectivity index (χ1) is 11.3. The summed E-state index contributed by atoms with van der Waals surface area (Å²) in [6.45, 7) is 5.84. The van der Waals surface area contributed by atoms with Crippen molar-refractivity contribution in [3.63, 3.8) is 0 Å². The molecule has 0 atom stereocenters. The van der Waals surface area contributed by atoms with E-state index >= 15 is 0 Å². The van der Waals surface area contributed by atoms with Crippen molar-refractivity contribution in [1.29, 1.82) is 0 Å². The number of nitrogens with zero attached hydrogens (tertiary/aromatic N) is 1. The van der Waals surface area contributed by atoms with Gasteiger partial charge in [-0.25, -0.2) is 4.98 Å². The zero-order chi connectivity index (χ0) is 17.7. The number of pyridine rings is 1. The van der Waals surface area contributed by atoms with E-state index in [0.717, 1.165) is 0 Å². The summed E-state index contributed by atoms with van der Waals surface area (Å²) in [6.07, 6.45) is -2.96. The minimum atomic E-state index is -4.38. The third kappa shape index (κ3) is 5.23. The Balaban J connectivity index is 1.99. The third-order valence-corrected chi connectivity index (χ3v) is 3.81. The largest absolute Gasteiger partial charge is 0.468 e. The number of aromatic nitrogens is 1. The van der Waals surface area contributed by atoms with E-state index in [1.807, 2.05) is 6.92 Å². The van der Waals surface area contributed by atoms with Crippen molar-refractivity contribution in [2.24, 2.45) is 0 Å². The highest BCUT2D eigenvalue weighted by Gasteiger charge is 2.29. The van der Waals surface area contributed by atoms with Crippen LogP contribution in [-0.4, -0.2) is 17.8 Å². The summed E-state index contributed by atoms with van der Waals surface area (Å²) in [5.41, 5.74) is 5.41. The first-order valence-corrected chi connectivity index (χ1v) is 7.67. The SMILES string of the molecule is Cc1cc(C)c(CNCc2cccnc2OCC(F)(F)F)cc1C. The van der Waals surface area contributed by atoms with E-state index in [1.165, 1.54) is 28.5 Å². The summed E-state index contributed by atoms with van der Waals surface area (Å²) in [4.78, 5) is 3.89. The Hall–Kier alpha value is -2.08. The van der Waals surface area contributed by atoms with Gasteiger partial charge in [0, 0.05) is 24.8 Å². The molecular formula is C18H21F3N2O. The molecule has 2 rings (SSSR count). The van der Waals surface area contributed by atoms with Gasteiger partial charge in [0.1, 0.15) is 0 Å². The molecule has 3 nitrogen and oxygen atoms in total. The van der Waals surface area contributed by atoms with Crippen molar-refractivity contribution in [3.05, 3.63) is 58.3 Å². The summed E-state index contributed by atoms with van der Waals surface area (Å²) < 4.78 is 41.7. The van der Waals surface area contributed by atoms with Gasteiger partial charge in [0.2, 0.25) is 5.88 Å². The number of nitrogens with one attached hydrogen (secondary N) is 1. The second-order valence-electron chi connectivity index (χ2n) is 5.84. The molecule has 1 aromatic carbocycles. The van der Waals surface area contributed by atoms with Gasteiger partial charge >= 0.3 is 6.18 Å². The zero-order valence-corrected chi connectivity index (χ0v) is 14.0. The van der Waals surface area contributed by atoms with Crippen molar-refractivity contribution in [1.82, 2.24) is 10.3 Å². The molecule has 0 spiro atoms. The number of aryl methyl sites for hydroxylation is 3. The molecule has 1 N–H and O–H groups in total. The maximum atomic E-state index is 12.3.